The minimum Gasteiger partial charge on any atom is -0.385 e. The number of nitrogens with zero attached hydrogens (tertiary/aromatic N) is 5. The summed E-state index contributed by atoms with van der Waals surface area (Å²) in [5.41, 5.74) is 10.9. The molecule has 8 heteroatoms. The van der Waals surface area contributed by atoms with Crippen molar-refractivity contribution >= 4 is 39.4 Å². The number of ether oxygens (including phenoxy) is 1. The second kappa shape index (κ2) is 8.61. The van der Waals surface area contributed by atoms with Gasteiger partial charge in [-0.2, -0.15) is 5.10 Å². The molecule has 3 aromatic heterocycles. The molecule has 0 saturated heterocycles. The Morgan fingerprint density at radius 1 is 1.09 bits per heavy atom. The maximum Gasteiger partial charge on any atom is 0.163 e. The molecule has 32 heavy (non-hydrogen) atoms. The largest absolute Gasteiger partial charge is 0.385 e. The molecule has 7 nitrogen and oxygen atoms in total. The summed E-state index contributed by atoms with van der Waals surface area (Å²) in [6, 6.07) is 16.3. The Hall–Kier alpha value is -3.42. The van der Waals surface area contributed by atoms with Crippen LogP contribution in [0.15, 0.2) is 61.1 Å². The number of benzene rings is 2. The third-order valence-electron chi connectivity index (χ3n) is 5.62. The Labute approximate surface area is 190 Å². The van der Waals surface area contributed by atoms with Crippen LogP contribution >= 0.6 is 11.6 Å². The van der Waals surface area contributed by atoms with Crippen molar-refractivity contribution in [3.63, 3.8) is 0 Å². The van der Waals surface area contributed by atoms with Gasteiger partial charge in [0.2, 0.25) is 0 Å². The van der Waals surface area contributed by atoms with Crippen LogP contribution in [0.25, 0.3) is 33.2 Å². The van der Waals surface area contributed by atoms with E-state index in [9.17, 15) is 0 Å². The van der Waals surface area contributed by atoms with E-state index in [0.717, 1.165) is 50.2 Å². The van der Waals surface area contributed by atoms with E-state index < -0.39 is 0 Å². The van der Waals surface area contributed by atoms with Crippen LogP contribution in [0, 0.1) is 0 Å². The number of aryl methyl sites for hydroxylation is 1. The van der Waals surface area contributed by atoms with Gasteiger partial charge in [0.05, 0.1) is 5.39 Å². The van der Waals surface area contributed by atoms with Gasteiger partial charge < -0.3 is 15.0 Å². The number of hydrogen-bond acceptors (Lipinski definition) is 5. The van der Waals surface area contributed by atoms with Crippen LogP contribution in [-0.4, -0.2) is 38.0 Å². The number of nitrogens with two attached hydrogens (primary N) is 1. The molecule has 5 rings (SSSR count). The monoisotopic (exact) mass is 446 g/mol. The Morgan fingerprint density at radius 3 is 2.81 bits per heavy atom. The first-order valence-corrected chi connectivity index (χ1v) is 10.8. The van der Waals surface area contributed by atoms with Crippen LogP contribution in [-0.2, 0) is 17.8 Å². The Kier molecular flexibility index (Phi) is 5.51. The number of methoxy groups -OCH3 is 1. The molecular formula is C24H23ClN6O. The van der Waals surface area contributed by atoms with Crippen LogP contribution in [0.4, 0.5) is 5.82 Å². The molecule has 0 atom stereocenters. The zero-order chi connectivity index (χ0) is 22.1. The Balaban J connectivity index is 1.55. The maximum atomic E-state index is 6.36. The van der Waals surface area contributed by atoms with Gasteiger partial charge >= 0.3 is 0 Å². The average Bonchev–Trinajstić information content (AvgIpc) is 3.38. The normalized spacial score (nSPS) is 11.6. The van der Waals surface area contributed by atoms with Gasteiger partial charge in [0, 0.05) is 54.5 Å². The summed E-state index contributed by atoms with van der Waals surface area (Å²) in [4.78, 5) is 8.64. The number of aromatic nitrogens is 5. The van der Waals surface area contributed by atoms with Crippen LogP contribution < -0.4 is 5.73 Å². The zero-order valence-corrected chi connectivity index (χ0v) is 18.5. The number of rotatable bonds is 7. The maximum absolute atomic E-state index is 6.36. The minimum absolute atomic E-state index is 0.430. The number of anilines is 1. The number of hydrogen-bond donors (Lipinski definition) is 1. The lowest BCUT2D eigenvalue weighted by atomic mass is 10.1. The van der Waals surface area contributed by atoms with Gasteiger partial charge in [-0.3, -0.25) is 0 Å². The third kappa shape index (κ3) is 3.70. The summed E-state index contributed by atoms with van der Waals surface area (Å²) in [6.45, 7) is 2.06. The first-order chi connectivity index (χ1) is 15.7. The van der Waals surface area contributed by atoms with E-state index in [2.05, 4.69) is 45.0 Å². The first kappa shape index (κ1) is 20.5. The van der Waals surface area contributed by atoms with Crippen LogP contribution in [0.3, 0.4) is 0 Å². The second-order valence-electron chi connectivity index (χ2n) is 7.68. The van der Waals surface area contributed by atoms with E-state index in [4.69, 9.17) is 27.2 Å². The van der Waals surface area contributed by atoms with Crippen molar-refractivity contribution in [2.45, 2.75) is 19.5 Å². The zero-order valence-electron chi connectivity index (χ0n) is 17.7. The molecule has 0 fully saturated rings. The topological polar surface area (TPSA) is 83.8 Å². The molecule has 0 aliphatic carbocycles. The van der Waals surface area contributed by atoms with E-state index in [1.807, 2.05) is 28.9 Å². The lowest BCUT2D eigenvalue weighted by Crippen LogP contribution is -2.04. The summed E-state index contributed by atoms with van der Waals surface area (Å²) in [5, 5.41) is 7.51. The third-order valence-corrected chi connectivity index (χ3v) is 5.99. The van der Waals surface area contributed by atoms with Gasteiger partial charge in [-0.05, 0) is 36.2 Å². The molecule has 0 saturated carbocycles. The van der Waals surface area contributed by atoms with Crippen molar-refractivity contribution < 1.29 is 4.74 Å². The second-order valence-corrected chi connectivity index (χ2v) is 8.09. The Bertz CT molecular complexity index is 1410. The molecule has 2 aromatic carbocycles. The summed E-state index contributed by atoms with van der Waals surface area (Å²) in [7, 11) is 1.69. The van der Waals surface area contributed by atoms with E-state index in [0.29, 0.717) is 25.5 Å². The molecule has 0 aliphatic rings. The fourth-order valence-corrected chi connectivity index (χ4v) is 4.24. The Morgan fingerprint density at radius 2 is 1.97 bits per heavy atom. The predicted octanol–water partition coefficient (Wildman–Crippen LogP) is 4.77. The highest BCUT2D eigenvalue weighted by Crippen LogP contribution is 2.32. The highest BCUT2D eigenvalue weighted by atomic mass is 35.5. The molecule has 0 radical (unpaired) electrons. The fourth-order valence-electron chi connectivity index (χ4n) is 4.04. The number of halogens is 1. The van der Waals surface area contributed by atoms with Crippen LogP contribution in [0.5, 0.6) is 0 Å². The SMILES string of the molecule is COCCCn1nc(-c2ccc3c(ccn3Cc3ccccc3Cl)c2)c2c(N)ncnc21. The van der Waals surface area contributed by atoms with Gasteiger partial charge in [0.1, 0.15) is 17.8 Å². The molecule has 3 heterocycles. The standard InChI is InChI=1S/C24H23ClN6O/c1-32-12-4-10-31-24-21(23(26)27-15-28-24)22(29-31)17-7-8-20-16(13-17)9-11-30(20)14-18-5-2-3-6-19(18)25/h2-3,5-9,11,13,15H,4,10,12,14H2,1H3,(H2,26,27,28). The fraction of sp³-hybridized carbons (Fsp3) is 0.208. The summed E-state index contributed by atoms with van der Waals surface area (Å²) in [6.07, 6.45) is 4.39. The smallest absolute Gasteiger partial charge is 0.163 e. The minimum atomic E-state index is 0.430. The molecule has 0 unspecified atom stereocenters. The molecule has 0 amide bonds. The highest BCUT2D eigenvalue weighted by molar-refractivity contribution is 6.31. The van der Waals surface area contributed by atoms with Gasteiger partial charge in [0.15, 0.2) is 5.65 Å². The predicted molar refractivity (Wildman–Crippen MR) is 128 cm³/mol. The molecule has 0 bridgehead atoms. The van der Waals surface area contributed by atoms with E-state index in [1.54, 1.807) is 7.11 Å². The highest BCUT2D eigenvalue weighted by Gasteiger charge is 2.17. The van der Waals surface area contributed by atoms with Gasteiger partial charge in [-0.1, -0.05) is 35.9 Å². The first-order valence-electron chi connectivity index (χ1n) is 10.4. The van der Waals surface area contributed by atoms with E-state index in [-0.39, 0.29) is 0 Å². The molecule has 162 valence electrons. The lowest BCUT2D eigenvalue weighted by molar-refractivity contribution is 0.189. The quantitative estimate of drug-likeness (QED) is 0.364. The molecule has 5 aromatic rings. The van der Waals surface area contributed by atoms with Crippen molar-refractivity contribution in [1.82, 2.24) is 24.3 Å². The van der Waals surface area contributed by atoms with Crippen molar-refractivity contribution in [3.8, 4) is 11.3 Å². The van der Waals surface area contributed by atoms with Crippen LogP contribution in [0.1, 0.15) is 12.0 Å². The van der Waals surface area contributed by atoms with Crippen molar-refractivity contribution in [2.24, 2.45) is 0 Å². The molecule has 2 N–H and O–H groups in total. The van der Waals surface area contributed by atoms with Gasteiger partial charge in [-0.25, -0.2) is 14.6 Å². The molecule has 0 aliphatic heterocycles. The van der Waals surface area contributed by atoms with Crippen molar-refractivity contribution in [2.75, 3.05) is 19.5 Å². The number of fused-ring (bicyclic) bond motifs is 2. The van der Waals surface area contributed by atoms with E-state index in [1.165, 1.54) is 6.33 Å². The molecule has 0 spiro atoms. The van der Waals surface area contributed by atoms with Gasteiger partial charge in [0.25, 0.3) is 0 Å². The van der Waals surface area contributed by atoms with Crippen LogP contribution in [0.2, 0.25) is 5.02 Å². The van der Waals surface area contributed by atoms with Crippen molar-refractivity contribution in [1.29, 1.82) is 0 Å². The lowest BCUT2D eigenvalue weighted by Gasteiger charge is -2.08. The number of nitrogen functional groups attached to an aromatic ring is 1. The average molecular weight is 447 g/mol. The van der Waals surface area contributed by atoms with Gasteiger partial charge in [-0.15, -0.1) is 0 Å². The summed E-state index contributed by atoms with van der Waals surface area (Å²) >= 11 is 6.36. The summed E-state index contributed by atoms with van der Waals surface area (Å²) in [5.74, 6) is 0.430. The molecular weight excluding hydrogens is 424 g/mol. The van der Waals surface area contributed by atoms with Crippen molar-refractivity contribution in [3.05, 3.63) is 71.6 Å². The van der Waals surface area contributed by atoms with E-state index >= 15 is 0 Å². The summed E-state index contributed by atoms with van der Waals surface area (Å²) < 4.78 is 9.26.